The molecule has 2 saturated heterocycles. The van der Waals surface area contributed by atoms with Crippen LogP contribution in [0.3, 0.4) is 0 Å². The number of piperidine rings is 2. The fourth-order valence-electron chi connectivity index (χ4n) is 4.11. The third-order valence-electron chi connectivity index (χ3n) is 5.71. The van der Waals surface area contributed by atoms with Crippen LogP contribution in [0.1, 0.15) is 32.6 Å². The Bertz CT molecular complexity index is 914. The van der Waals surface area contributed by atoms with Crippen LogP contribution in [0.2, 0.25) is 0 Å². The second kappa shape index (κ2) is 7.71. The number of amides is 1. The van der Waals surface area contributed by atoms with Crippen molar-refractivity contribution in [1.82, 2.24) is 19.4 Å². The summed E-state index contributed by atoms with van der Waals surface area (Å²) in [7, 11) is -3.71. The summed E-state index contributed by atoms with van der Waals surface area (Å²) in [6.45, 7) is 4.49. The maximum atomic E-state index is 12.9. The van der Waals surface area contributed by atoms with Crippen LogP contribution >= 0.6 is 0 Å². The number of carbonyl (C=O) groups excluding carboxylic acids is 1. The number of aromatic amines is 1. The van der Waals surface area contributed by atoms with E-state index in [9.17, 15) is 13.2 Å². The third-order valence-corrected chi connectivity index (χ3v) is 7.49. The molecule has 2 aromatic rings. The zero-order chi connectivity index (χ0) is 19.7. The monoisotopic (exact) mass is 406 g/mol. The minimum atomic E-state index is -3.71. The Hall–Kier alpha value is -2.13. The van der Waals surface area contributed by atoms with Gasteiger partial charge in [0.1, 0.15) is 5.69 Å². The maximum absolute atomic E-state index is 12.9. The highest BCUT2D eigenvalue weighted by Gasteiger charge is 2.36. The summed E-state index contributed by atoms with van der Waals surface area (Å²) in [6.07, 6.45) is 4.91. The van der Waals surface area contributed by atoms with Crippen LogP contribution in [0.5, 0.6) is 0 Å². The molecule has 1 N–H and O–H groups in total. The van der Waals surface area contributed by atoms with Crippen LogP contribution in [-0.2, 0) is 14.8 Å². The van der Waals surface area contributed by atoms with Gasteiger partial charge in [0.25, 0.3) is 10.0 Å². The molecule has 2 aliphatic heterocycles. The van der Waals surface area contributed by atoms with Crippen LogP contribution in [0.15, 0.2) is 33.9 Å². The Labute approximate surface area is 164 Å². The fourth-order valence-corrected chi connectivity index (χ4v) is 5.50. The maximum Gasteiger partial charge on any atom is 0.276 e. The molecule has 1 atom stereocenters. The van der Waals surface area contributed by atoms with Crippen LogP contribution in [0.25, 0.3) is 11.5 Å². The molecule has 0 spiro atoms. The van der Waals surface area contributed by atoms with Gasteiger partial charge < -0.3 is 9.32 Å². The Kier molecular flexibility index (Phi) is 5.29. The molecule has 0 unspecified atom stereocenters. The molecular weight excluding hydrogens is 380 g/mol. The molecule has 9 heteroatoms. The summed E-state index contributed by atoms with van der Waals surface area (Å²) >= 11 is 0. The van der Waals surface area contributed by atoms with Crippen LogP contribution in [0, 0.1) is 11.8 Å². The van der Waals surface area contributed by atoms with Crippen molar-refractivity contribution >= 4 is 15.9 Å². The first-order chi connectivity index (χ1) is 13.4. The summed E-state index contributed by atoms with van der Waals surface area (Å²) in [6, 6.07) is 4.81. The van der Waals surface area contributed by atoms with Crippen LogP contribution in [-0.4, -0.2) is 59.9 Å². The predicted octanol–water partition coefficient (Wildman–Crippen LogP) is 2.33. The molecule has 0 aliphatic carbocycles. The predicted molar refractivity (Wildman–Crippen MR) is 103 cm³/mol. The first kappa shape index (κ1) is 19.2. The molecule has 152 valence electrons. The fraction of sp³-hybridized carbons (Fsp3) is 0.579. The zero-order valence-electron chi connectivity index (χ0n) is 16.0. The SMILES string of the molecule is C[C@@H]1CCCN(C(=O)C2CCN(S(=O)(=O)c3ccc(-c4ccn[nH]4)o3)CC2)C1. The smallest absolute Gasteiger partial charge is 0.276 e. The molecule has 4 heterocycles. The average molecular weight is 407 g/mol. The van der Waals surface area contributed by atoms with Crippen molar-refractivity contribution in [3.63, 3.8) is 0 Å². The minimum absolute atomic E-state index is 0.0771. The van der Waals surface area contributed by atoms with Gasteiger partial charge >= 0.3 is 0 Å². The van der Waals surface area contributed by atoms with Crippen molar-refractivity contribution in [1.29, 1.82) is 0 Å². The number of sulfonamides is 1. The molecule has 8 nitrogen and oxygen atoms in total. The number of nitrogens with one attached hydrogen (secondary N) is 1. The number of nitrogens with zero attached hydrogens (tertiary/aromatic N) is 3. The van der Waals surface area contributed by atoms with E-state index in [1.807, 2.05) is 4.90 Å². The zero-order valence-corrected chi connectivity index (χ0v) is 16.8. The first-order valence-corrected chi connectivity index (χ1v) is 11.3. The van der Waals surface area contributed by atoms with Gasteiger partial charge in [0.2, 0.25) is 11.0 Å². The van der Waals surface area contributed by atoms with E-state index >= 15 is 0 Å². The molecule has 2 aromatic heterocycles. The van der Waals surface area contributed by atoms with Gasteiger partial charge in [0, 0.05) is 38.3 Å². The summed E-state index contributed by atoms with van der Waals surface area (Å²) < 4.78 is 32.8. The number of likely N-dealkylation sites (tertiary alicyclic amines) is 1. The third kappa shape index (κ3) is 3.73. The average Bonchev–Trinajstić information content (AvgIpc) is 3.39. The molecule has 2 fully saturated rings. The number of hydrogen-bond donors (Lipinski definition) is 1. The first-order valence-electron chi connectivity index (χ1n) is 9.83. The van der Waals surface area contributed by atoms with Crippen molar-refractivity contribution in [2.24, 2.45) is 11.8 Å². The van der Waals surface area contributed by atoms with Gasteiger partial charge in [-0.1, -0.05) is 6.92 Å². The second-order valence-electron chi connectivity index (χ2n) is 7.80. The van der Waals surface area contributed by atoms with Gasteiger partial charge in [-0.2, -0.15) is 9.40 Å². The van der Waals surface area contributed by atoms with E-state index in [2.05, 4.69) is 17.1 Å². The number of aromatic nitrogens is 2. The van der Waals surface area contributed by atoms with Crippen molar-refractivity contribution in [2.45, 2.75) is 37.7 Å². The second-order valence-corrected chi connectivity index (χ2v) is 9.67. The molecule has 28 heavy (non-hydrogen) atoms. The van der Waals surface area contributed by atoms with Crippen molar-refractivity contribution in [3.8, 4) is 11.5 Å². The standard InChI is InChI=1S/C19H26N4O4S/c1-14-3-2-10-22(13-14)19(24)15-7-11-23(12-8-15)28(25,26)18-5-4-17(27-18)16-6-9-20-21-16/h4-6,9,14-15H,2-3,7-8,10-13H2,1H3,(H,20,21)/t14-/m1/s1. The molecule has 0 saturated carbocycles. The summed E-state index contributed by atoms with van der Waals surface area (Å²) in [5.74, 6) is 1.07. The van der Waals surface area contributed by atoms with Gasteiger partial charge in [0.15, 0.2) is 5.76 Å². The quantitative estimate of drug-likeness (QED) is 0.840. The minimum Gasteiger partial charge on any atom is -0.442 e. The highest BCUT2D eigenvalue weighted by atomic mass is 32.2. The number of furan rings is 1. The summed E-state index contributed by atoms with van der Waals surface area (Å²) in [5, 5.41) is 6.53. The van der Waals surface area contributed by atoms with Gasteiger partial charge in [-0.05, 0) is 49.8 Å². The Balaban J connectivity index is 1.39. The largest absolute Gasteiger partial charge is 0.442 e. The van der Waals surface area contributed by atoms with Crippen molar-refractivity contribution in [2.75, 3.05) is 26.2 Å². The Morgan fingerprint density at radius 3 is 2.64 bits per heavy atom. The van der Waals surface area contributed by atoms with Crippen LogP contribution < -0.4 is 0 Å². The number of carbonyl (C=O) groups is 1. The summed E-state index contributed by atoms with van der Waals surface area (Å²) in [4.78, 5) is 14.8. The van der Waals surface area contributed by atoms with E-state index in [1.54, 1.807) is 18.3 Å². The summed E-state index contributed by atoms with van der Waals surface area (Å²) in [5.41, 5.74) is 0.626. The van der Waals surface area contributed by atoms with E-state index in [1.165, 1.54) is 16.8 Å². The molecule has 2 aliphatic rings. The lowest BCUT2D eigenvalue weighted by Crippen LogP contribution is -2.46. The number of rotatable bonds is 4. The van der Waals surface area contributed by atoms with Crippen LogP contribution in [0.4, 0.5) is 0 Å². The van der Waals surface area contributed by atoms with E-state index in [4.69, 9.17) is 4.42 Å². The Morgan fingerprint density at radius 1 is 1.18 bits per heavy atom. The molecule has 1 amide bonds. The van der Waals surface area contributed by atoms with E-state index < -0.39 is 10.0 Å². The topological polar surface area (TPSA) is 99.5 Å². The van der Waals surface area contributed by atoms with Gasteiger partial charge in [-0.15, -0.1) is 0 Å². The van der Waals surface area contributed by atoms with Crippen molar-refractivity contribution < 1.29 is 17.6 Å². The molecule has 0 aromatic carbocycles. The number of H-pyrrole nitrogens is 1. The van der Waals surface area contributed by atoms with Gasteiger partial charge in [0.05, 0.1) is 0 Å². The van der Waals surface area contributed by atoms with Gasteiger partial charge in [-0.25, -0.2) is 8.42 Å². The lowest BCUT2D eigenvalue weighted by molar-refractivity contribution is -0.138. The highest BCUT2D eigenvalue weighted by molar-refractivity contribution is 7.89. The van der Waals surface area contributed by atoms with E-state index in [0.29, 0.717) is 43.3 Å². The molecule has 0 radical (unpaired) electrons. The lowest BCUT2D eigenvalue weighted by Gasteiger charge is -2.36. The lowest BCUT2D eigenvalue weighted by atomic mass is 9.93. The Morgan fingerprint density at radius 2 is 1.96 bits per heavy atom. The van der Waals surface area contributed by atoms with E-state index in [-0.39, 0.29) is 16.9 Å². The van der Waals surface area contributed by atoms with Gasteiger partial charge in [-0.3, -0.25) is 9.89 Å². The van der Waals surface area contributed by atoms with E-state index in [0.717, 1.165) is 19.5 Å². The highest BCUT2D eigenvalue weighted by Crippen LogP contribution is 2.29. The van der Waals surface area contributed by atoms with Crippen molar-refractivity contribution in [3.05, 3.63) is 24.4 Å². The number of hydrogen-bond acceptors (Lipinski definition) is 5. The molecule has 4 rings (SSSR count). The normalized spacial score (nSPS) is 22.5. The molecular formula is C19H26N4O4S. The molecule has 0 bridgehead atoms.